The van der Waals surface area contributed by atoms with Gasteiger partial charge in [0.25, 0.3) is 0 Å². The van der Waals surface area contributed by atoms with Crippen molar-refractivity contribution in [3.05, 3.63) is 18.3 Å². The maximum absolute atomic E-state index is 12.4. The van der Waals surface area contributed by atoms with Crippen LogP contribution in [0.1, 0.15) is 44.9 Å². The Hall–Kier alpha value is -2.03. The average Bonchev–Trinajstić information content (AvgIpc) is 2.68. The number of carbonyl (C=O) groups excluding carboxylic acids is 1. The normalized spacial score (nSPS) is 19.3. The van der Waals surface area contributed by atoms with Crippen molar-refractivity contribution in [1.82, 2.24) is 15.2 Å². The van der Waals surface area contributed by atoms with E-state index in [1.165, 1.54) is 36.8 Å². The van der Waals surface area contributed by atoms with Gasteiger partial charge < -0.3 is 15.0 Å². The lowest BCUT2D eigenvalue weighted by Gasteiger charge is -2.33. The highest BCUT2D eigenvalue weighted by Crippen LogP contribution is 2.22. The van der Waals surface area contributed by atoms with E-state index in [0.29, 0.717) is 30.7 Å². The number of hydrogen-bond acceptors (Lipinski definition) is 5. The first kappa shape index (κ1) is 20.7. The van der Waals surface area contributed by atoms with Gasteiger partial charge in [-0.05, 0) is 18.9 Å². The second-order valence-electron chi connectivity index (χ2n) is 7.67. The van der Waals surface area contributed by atoms with Crippen LogP contribution in [0.4, 0.5) is 10.5 Å². The third kappa shape index (κ3) is 5.50. The molecule has 0 radical (unpaired) electrons. The SMILES string of the molecule is CN(c1ccc(OC2CCN(C(=O)NC3CCCCC3)CC2)nc1)S(C)(=O)=O. The zero-order valence-corrected chi connectivity index (χ0v) is 17.5. The van der Waals surface area contributed by atoms with Crippen LogP contribution in [0.2, 0.25) is 0 Å². The van der Waals surface area contributed by atoms with Gasteiger partial charge in [0, 0.05) is 45.1 Å². The van der Waals surface area contributed by atoms with E-state index in [0.717, 1.165) is 31.9 Å². The molecule has 9 heteroatoms. The number of hydrogen-bond donors (Lipinski definition) is 1. The molecule has 0 bridgehead atoms. The van der Waals surface area contributed by atoms with Gasteiger partial charge in [-0.15, -0.1) is 0 Å². The summed E-state index contributed by atoms with van der Waals surface area (Å²) >= 11 is 0. The first-order valence-electron chi connectivity index (χ1n) is 9.95. The largest absolute Gasteiger partial charge is 0.474 e. The molecule has 1 aromatic rings. The van der Waals surface area contributed by atoms with Gasteiger partial charge in [-0.3, -0.25) is 4.31 Å². The van der Waals surface area contributed by atoms with Crippen molar-refractivity contribution < 1.29 is 17.9 Å². The smallest absolute Gasteiger partial charge is 0.317 e. The molecule has 1 N–H and O–H groups in total. The van der Waals surface area contributed by atoms with Crippen LogP contribution < -0.4 is 14.4 Å². The van der Waals surface area contributed by atoms with Crippen molar-refractivity contribution >= 4 is 21.7 Å². The molecule has 2 heterocycles. The lowest BCUT2D eigenvalue weighted by Crippen LogP contribution is -2.49. The number of carbonyl (C=O) groups is 1. The molecule has 156 valence electrons. The fourth-order valence-corrected chi connectivity index (χ4v) is 4.17. The van der Waals surface area contributed by atoms with Crippen LogP contribution in [0.25, 0.3) is 0 Å². The van der Waals surface area contributed by atoms with E-state index in [4.69, 9.17) is 4.74 Å². The minimum Gasteiger partial charge on any atom is -0.474 e. The van der Waals surface area contributed by atoms with Crippen molar-refractivity contribution in [2.24, 2.45) is 0 Å². The van der Waals surface area contributed by atoms with Gasteiger partial charge in [-0.2, -0.15) is 0 Å². The molecule has 0 spiro atoms. The van der Waals surface area contributed by atoms with Crippen LogP contribution in [0.15, 0.2) is 18.3 Å². The van der Waals surface area contributed by atoms with Crippen molar-refractivity contribution in [3.8, 4) is 5.88 Å². The number of rotatable bonds is 5. The summed E-state index contributed by atoms with van der Waals surface area (Å²) in [5.41, 5.74) is 0.490. The molecule has 28 heavy (non-hydrogen) atoms. The number of nitrogens with one attached hydrogen (secondary N) is 1. The molecular weight excluding hydrogens is 380 g/mol. The van der Waals surface area contributed by atoms with Crippen LogP contribution in [0.5, 0.6) is 5.88 Å². The van der Waals surface area contributed by atoms with Crippen molar-refractivity contribution in [2.75, 3.05) is 30.7 Å². The Bertz CT molecular complexity index is 755. The summed E-state index contributed by atoms with van der Waals surface area (Å²) in [7, 11) is -1.82. The lowest BCUT2D eigenvalue weighted by atomic mass is 9.96. The first-order chi connectivity index (χ1) is 13.3. The van der Waals surface area contributed by atoms with E-state index in [9.17, 15) is 13.2 Å². The third-order valence-electron chi connectivity index (χ3n) is 5.53. The molecule has 8 nitrogen and oxygen atoms in total. The summed E-state index contributed by atoms with van der Waals surface area (Å²) in [5.74, 6) is 0.468. The fourth-order valence-electron chi connectivity index (χ4n) is 3.68. The number of amides is 2. The predicted molar refractivity (Wildman–Crippen MR) is 108 cm³/mol. The number of urea groups is 1. The zero-order valence-electron chi connectivity index (χ0n) is 16.6. The number of anilines is 1. The second-order valence-corrected chi connectivity index (χ2v) is 9.69. The van der Waals surface area contributed by atoms with E-state index in [2.05, 4.69) is 10.3 Å². The molecule has 1 aromatic heterocycles. The van der Waals surface area contributed by atoms with Crippen LogP contribution >= 0.6 is 0 Å². The molecule has 2 fully saturated rings. The molecule has 2 aliphatic rings. The molecule has 2 amide bonds. The molecule has 3 rings (SSSR count). The second kappa shape index (κ2) is 8.98. The van der Waals surface area contributed by atoms with Gasteiger partial charge in [0.1, 0.15) is 6.10 Å². The minimum absolute atomic E-state index is 0.00437. The molecule has 1 aliphatic heterocycles. The van der Waals surface area contributed by atoms with Crippen LogP contribution in [-0.2, 0) is 10.0 Å². The summed E-state index contributed by atoms with van der Waals surface area (Å²) in [6.45, 7) is 1.33. The standard InChI is InChI=1S/C19H30N4O4S/c1-22(28(2,25)26)16-8-9-18(20-14-16)27-17-10-12-23(13-11-17)19(24)21-15-6-4-3-5-7-15/h8-9,14-15,17H,3-7,10-13H2,1-2H3,(H,21,24). The summed E-state index contributed by atoms with van der Waals surface area (Å²) < 4.78 is 30.2. The molecule has 0 aromatic carbocycles. The average molecular weight is 411 g/mol. The zero-order chi connectivity index (χ0) is 20.1. The van der Waals surface area contributed by atoms with E-state index in [1.54, 1.807) is 12.1 Å². The predicted octanol–water partition coefficient (Wildman–Crippen LogP) is 2.36. The van der Waals surface area contributed by atoms with Gasteiger partial charge >= 0.3 is 6.03 Å². The molecule has 1 aliphatic carbocycles. The Balaban J connectivity index is 1.45. The number of aromatic nitrogens is 1. The molecule has 1 saturated heterocycles. The summed E-state index contributed by atoms with van der Waals surface area (Å²) in [4.78, 5) is 18.5. The Morgan fingerprint density at radius 1 is 1.18 bits per heavy atom. The Morgan fingerprint density at radius 2 is 1.86 bits per heavy atom. The summed E-state index contributed by atoms with van der Waals surface area (Å²) in [6.07, 6.45) is 10.00. The lowest BCUT2D eigenvalue weighted by molar-refractivity contribution is 0.106. The first-order valence-corrected chi connectivity index (χ1v) is 11.8. The Morgan fingerprint density at radius 3 is 2.43 bits per heavy atom. The highest BCUT2D eigenvalue weighted by atomic mass is 32.2. The van der Waals surface area contributed by atoms with E-state index < -0.39 is 10.0 Å². The highest BCUT2D eigenvalue weighted by Gasteiger charge is 2.26. The molecule has 1 saturated carbocycles. The molecule has 0 atom stereocenters. The number of likely N-dealkylation sites (tertiary alicyclic amines) is 1. The quantitative estimate of drug-likeness (QED) is 0.805. The fraction of sp³-hybridized carbons (Fsp3) is 0.684. The van der Waals surface area contributed by atoms with Gasteiger partial charge in [0.2, 0.25) is 15.9 Å². The summed E-state index contributed by atoms with van der Waals surface area (Å²) in [6, 6.07) is 3.72. The van der Waals surface area contributed by atoms with E-state index >= 15 is 0 Å². The number of ether oxygens (including phenoxy) is 1. The van der Waals surface area contributed by atoms with Crippen molar-refractivity contribution in [3.63, 3.8) is 0 Å². The number of nitrogens with zero attached hydrogens (tertiary/aromatic N) is 3. The molecular formula is C19H30N4O4S. The minimum atomic E-state index is -3.31. The van der Waals surface area contributed by atoms with Crippen LogP contribution in [0, 0.1) is 0 Å². The van der Waals surface area contributed by atoms with Crippen LogP contribution in [-0.4, -0.2) is 62.9 Å². The maximum atomic E-state index is 12.4. The van der Waals surface area contributed by atoms with Gasteiger partial charge in [0.15, 0.2) is 0 Å². The number of piperidine rings is 1. The number of pyridine rings is 1. The monoisotopic (exact) mass is 410 g/mol. The van der Waals surface area contributed by atoms with Gasteiger partial charge in [0.05, 0.1) is 18.1 Å². The Labute approximate surface area is 167 Å². The van der Waals surface area contributed by atoms with Crippen molar-refractivity contribution in [1.29, 1.82) is 0 Å². The highest BCUT2D eigenvalue weighted by molar-refractivity contribution is 7.92. The van der Waals surface area contributed by atoms with Gasteiger partial charge in [-0.25, -0.2) is 18.2 Å². The van der Waals surface area contributed by atoms with Gasteiger partial charge in [-0.1, -0.05) is 19.3 Å². The van der Waals surface area contributed by atoms with Crippen LogP contribution in [0.3, 0.4) is 0 Å². The molecule has 0 unspecified atom stereocenters. The van der Waals surface area contributed by atoms with E-state index in [-0.39, 0.29) is 12.1 Å². The van der Waals surface area contributed by atoms with Crippen molar-refractivity contribution in [2.45, 2.75) is 57.1 Å². The van der Waals surface area contributed by atoms with E-state index in [1.807, 2.05) is 4.90 Å². The number of sulfonamides is 1. The third-order valence-corrected chi connectivity index (χ3v) is 6.74. The Kier molecular flexibility index (Phi) is 6.64. The summed E-state index contributed by atoms with van der Waals surface area (Å²) in [5, 5.41) is 3.16. The topological polar surface area (TPSA) is 91.8 Å². The maximum Gasteiger partial charge on any atom is 0.317 e.